The van der Waals surface area contributed by atoms with Crippen LogP contribution >= 0.6 is 0 Å². The number of aliphatic hydroxyl groups is 1. The van der Waals surface area contributed by atoms with Crippen LogP contribution in [-0.2, 0) is 9.47 Å². The lowest BCUT2D eigenvalue weighted by molar-refractivity contribution is -0.460. The third kappa shape index (κ3) is 4.62. The summed E-state index contributed by atoms with van der Waals surface area (Å²) in [5, 5.41) is 8.39. The third-order valence-electron chi connectivity index (χ3n) is 2.33. The van der Waals surface area contributed by atoms with E-state index >= 15 is 0 Å². The number of unbranched alkanes of at least 4 members (excludes halogenated alkanes) is 1. The molecule has 12 heteroatoms. The standard InChI is InChI=1S/C10H13F9O3/c1-6(21-5-3-2-4-20)22-10(18,19)8(13,14)7(11,12)9(15,16)17/h6,20H,2-5H2,1H3. The van der Waals surface area contributed by atoms with Gasteiger partial charge in [-0.2, -0.15) is 39.5 Å². The van der Waals surface area contributed by atoms with Gasteiger partial charge in [0.05, 0.1) is 0 Å². The summed E-state index contributed by atoms with van der Waals surface area (Å²) in [4.78, 5) is 0. The van der Waals surface area contributed by atoms with E-state index in [0.29, 0.717) is 6.92 Å². The lowest BCUT2D eigenvalue weighted by atomic mass is 10.1. The van der Waals surface area contributed by atoms with E-state index in [1.807, 2.05) is 0 Å². The molecule has 1 atom stereocenters. The van der Waals surface area contributed by atoms with E-state index in [1.54, 1.807) is 0 Å². The lowest BCUT2D eigenvalue weighted by Crippen LogP contribution is -2.62. The van der Waals surface area contributed by atoms with E-state index in [9.17, 15) is 39.5 Å². The maximum absolute atomic E-state index is 13.0. The molecule has 1 unspecified atom stereocenters. The van der Waals surface area contributed by atoms with Crippen molar-refractivity contribution < 1.29 is 54.1 Å². The van der Waals surface area contributed by atoms with E-state index in [4.69, 9.17) is 5.11 Å². The van der Waals surface area contributed by atoms with Gasteiger partial charge < -0.3 is 9.84 Å². The molecule has 3 nitrogen and oxygen atoms in total. The SMILES string of the molecule is CC(OCCCCO)OC(F)(F)C(F)(F)C(F)(F)C(F)(F)F. The van der Waals surface area contributed by atoms with Gasteiger partial charge >= 0.3 is 24.1 Å². The van der Waals surface area contributed by atoms with Crippen LogP contribution in [0.2, 0.25) is 0 Å². The second-order valence-electron chi connectivity index (χ2n) is 4.15. The molecular weight excluding hydrogens is 339 g/mol. The van der Waals surface area contributed by atoms with Crippen molar-refractivity contribution in [3.63, 3.8) is 0 Å². The lowest BCUT2D eigenvalue weighted by Gasteiger charge is -2.34. The summed E-state index contributed by atoms with van der Waals surface area (Å²) in [6, 6.07) is 0. The van der Waals surface area contributed by atoms with Crippen molar-refractivity contribution >= 4 is 0 Å². The summed E-state index contributed by atoms with van der Waals surface area (Å²) in [6.07, 6.45) is -14.9. The number of aliphatic hydroxyl groups excluding tert-OH is 1. The van der Waals surface area contributed by atoms with Crippen LogP contribution in [0, 0.1) is 0 Å². The van der Waals surface area contributed by atoms with Gasteiger partial charge in [0.1, 0.15) is 0 Å². The zero-order valence-corrected chi connectivity index (χ0v) is 11.1. The van der Waals surface area contributed by atoms with Gasteiger partial charge in [0, 0.05) is 13.2 Å². The number of hydrogen-bond acceptors (Lipinski definition) is 3. The van der Waals surface area contributed by atoms with Crippen LogP contribution in [0.3, 0.4) is 0 Å². The highest BCUT2D eigenvalue weighted by atomic mass is 19.4. The zero-order valence-electron chi connectivity index (χ0n) is 11.1. The van der Waals surface area contributed by atoms with E-state index in [0.717, 1.165) is 0 Å². The van der Waals surface area contributed by atoms with Crippen molar-refractivity contribution in [1.29, 1.82) is 0 Å². The first kappa shape index (κ1) is 21.2. The van der Waals surface area contributed by atoms with Gasteiger partial charge in [-0.3, -0.25) is 4.74 Å². The van der Waals surface area contributed by atoms with Crippen molar-refractivity contribution in [3.8, 4) is 0 Å². The number of halogens is 9. The number of alkyl halides is 9. The van der Waals surface area contributed by atoms with E-state index in [1.165, 1.54) is 0 Å². The van der Waals surface area contributed by atoms with Gasteiger partial charge in [0.15, 0.2) is 6.29 Å². The number of hydrogen-bond donors (Lipinski definition) is 1. The summed E-state index contributed by atoms with van der Waals surface area (Å²) in [5.41, 5.74) is 0. The van der Waals surface area contributed by atoms with Gasteiger partial charge in [-0.1, -0.05) is 0 Å². The molecule has 0 amide bonds. The highest BCUT2D eigenvalue weighted by Gasteiger charge is 2.83. The average molecular weight is 352 g/mol. The van der Waals surface area contributed by atoms with Gasteiger partial charge in [-0.15, -0.1) is 0 Å². The molecule has 0 spiro atoms. The van der Waals surface area contributed by atoms with Crippen LogP contribution in [0.1, 0.15) is 19.8 Å². The maximum atomic E-state index is 13.0. The van der Waals surface area contributed by atoms with Crippen molar-refractivity contribution in [2.75, 3.05) is 13.2 Å². The molecule has 0 bridgehead atoms. The minimum Gasteiger partial charge on any atom is -0.396 e. The highest BCUT2D eigenvalue weighted by molar-refractivity contribution is 4.96. The summed E-state index contributed by atoms with van der Waals surface area (Å²) in [7, 11) is 0. The van der Waals surface area contributed by atoms with Crippen LogP contribution in [0.5, 0.6) is 0 Å². The normalized spacial score (nSPS) is 16.0. The summed E-state index contributed by atoms with van der Waals surface area (Å²) in [5.74, 6) is -13.8. The Morgan fingerprint density at radius 1 is 0.864 bits per heavy atom. The molecule has 0 heterocycles. The van der Waals surface area contributed by atoms with Crippen molar-refractivity contribution in [3.05, 3.63) is 0 Å². The minimum atomic E-state index is -7.00. The molecule has 0 aromatic carbocycles. The number of ether oxygens (including phenoxy) is 2. The summed E-state index contributed by atoms with van der Waals surface area (Å²) >= 11 is 0. The molecule has 0 aromatic heterocycles. The predicted octanol–water partition coefficient (Wildman–Crippen LogP) is 3.56. The van der Waals surface area contributed by atoms with Crippen LogP contribution in [-0.4, -0.2) is 48.7 Å². The fourth-order valence-electron chi connectivity index (χ4n) is 1.14. The van der Waals surface area contributed by atoms with Gasteiger partial charge in [0.25, 0.3) is 0 Å². The fraction of sp³-hybridized carbons (Fsp3) is 1.00. The van der Waals surface area contributed by atoms with Crippen LogP contribution in [0.25, 0.3) is 0 Å². The largest absolute Gasteiger partial charge is 0.460 e. The summed E-state index contributed by atoms with van der Waals surface area (Å²) < 4.78 is 120. The molecule has 0 aromatic rings. The second kappa shape index (κ2) is 7.21. The smallest absolute Gasteiger partial charge is 0.396 e. The monoisotopic (exact) mass is 352 g/mol. The first-order valence-electron chi connectivity index (χ1n) is 5.81. The molecule has 134 valence electrons. The van der Waals surface area contributed by atoms with E-state index in [-0.39, 0.29) is 26.1 Å². The Bertz CT molecular complexity index is 343. The van der Waals surface area contributed by atoms with Crippen LogP contribution in [0.15, 0.2) is 0 Å². The molecule has 0 radical (unpaired) electrons. The molecule has 1 N–H and O–H groups in total. The fourth-order valence-corrected chi connectivity index (χ4v) is 1.14. The number of rotatable bonds is 9. The molecule has 0 rings (SSSR count). The second-order valence-corrected chi connectivity index (χ2v) is 4.15. The first-order valence-corrected chi connectivity index (χ1v) is 5.81. The Morgan fingerprint density at radius 3 is 1.77 bits per heavy atom. The molecule has 0 saturated heterocycles. The Labute approximate surface area is 119 Å². The molecule has 0 aliphatic rings. The Morgan fingerprint density at radius 2 is 1.36 bits per heavy atom. The van der Waals surface area contributed by atoms with Crippen molar-refractivity contribution in [1.82, 2.24) is 0 Å². The van der Waals surface area contributed by atoms with Gasteiger partial charge in [0.2, 0.25) is 0 Å². The Balaban J connectivity index is 4.90. The van der Waals surface area contributed by atoms with E-state index < -0.39 is 30.4 Å². The quantitative estimate of drug-likeness (QED) is 0.392. The van der Waals surface area contributed by atoms with Crippen molar-refractivity contribution in [2.24, 2.45) is 0 Å². The average Bonchev–Trinajstić information content (AvgIpc) is 2.32. The summed E-state index contributed by atoms with van der Waals surface area (Å²) in [6.45, 7) is -0.0155. The Kier molecular flexibility index (Phi) is 6.97. The van der Waals surface area contributed by atoms with Crippen LogP contribution in [0.4, 0.5) is 39.5 Å². The van der Waals surface area contributed by atoms with Gasteiger partial charge in [-0.25, -0.2) is 0 Å². The molecule has 0 aliphatic carbocycles. The van der Waals surface area contributed by atoms with Crippen molar-refractivity contribution in [2.45, 2.75) is 50.2 Å². The molecular formula is C10H13F9O3. The highest BCUT2D eigenvalue weighted by Crippen LogP contribution is 2.53. The van der Waals surface area contributed by atoms with E-state index in [2.05, 4.69) is 9.47 Å². The third-order valence-corrected chi connectivity index (χ3v) is 2.33. The first-order chi connectivity index (χ1) is 9.70. The molecule has 0 fully saturated rings. The minimum absolute atomic E-state index is 0.102. The topological polar surface area (TPSA) is 38.7 Å². The molecule has 22 heavy (non-hydrogen) atoms. The zero-order chi connectivity index (χ0) is 17.8. The Hall–Kier alpha value is -0.750. The van der Waals surface area contributed by atoms with Crippen LogP contribution < -0.4 is 0 Å². The molecule has 0 aliphatic heterocycles. The maximum Gasteiger partial charge on any atom is 0.460 e. The van der Waals surface area contributed by atoms with Gasteiger partial charge in [-0.05, 0) is 19.8 Å². The molecule has 0 saturated carbocycles. The predicted molar refractivity (Wildman–Crippen MR) is 53.7 cm³/mol.